The Kier molecular flexibility index (Phi) is 3.66. The highest BCUT2D eigenvalue weighted by molar-refractivity contribution is 5.88. The van der Waals surface area contributed by atoms with Crippen LogP contribution in [0.15, 0.2) is 18.6 Å². The number of nitrogens with one attached hydrogen (secondary N) is 2. The summed E-state index contributed by atoms with van der Waals surface area (Å²) in [5.41, 5.74) is 0. The summed E-state index contributed by atoms with van der Waals surface area (Å²) >= 11 is 0. The molecule has 1 aromatic heterocycles. The van der Waals surface area contributed by atoms with Gasteiger partial charge in [-0.25, -0.2) is 9.78 Å². The molecule has 6 heteroatoms. The number of carbonyl (C=O) groups excluding carboxylic acids is 1. The maximum absolute atomic E-state index is 11.8. The summed E-state index contributed by atoms with van der Waals surface area (Å²) in [4.78, 5) is 21.5. The molecule has 2 amide bonds. The van der Waals surface area contributed by atoms with Crippen LogP contribution in [0.4, 0.5) is 10.6 Å². The van der Waals surface area contributed by atoms with E-state index in [1.807, 2.05) is 0 Å². The SMILES string of the molecule is O=C(Nc1cnccn1)N1CCCNCC1. The second kappa shape index (κ2) is 5.41. The number of anilines is 1. The molecule has 2 heterocycles. The van der Waals surface area contributed by atoms with E-state index >= 15 is 0 Å². The van der Waals surface area contributed by atoms with Gasteiger partial charge in [-0.1, -0.05) is 0 Å². The van der Waals surface area contributed by atoms with Gasteiger partial charge >= 0.3 is 6.03 Å². The van der Waals surface area contributed by atoms with Crippen LogP contribution < -0.4 is 10.6 Å². The molecule has 2 rings (SSSR count). The van der Waals surface area contributed by atoms with Gasteiger partial charge in [0.1, 0.15) is 0 Å². The van der Waals surface area contributed by atoms with Crippen molar-refractivity contribution in [2.45, 2.75) is 6.42 Å². The molecule has 0 saturated carbocycles. The number of amides is 2. The second-order valence-corrected chi connectivity index (χ2v) is 3.61. The van der Waals surface area contributed by atoms with Crippen molar-refractivity contribution in [3.05, 3.63) is 18.6 Å². The van der Waals surface area contributed by atoms with Crippen molar-refractivity contribution >= 4 is 11.8 Å². The largest absolute Gasteiger partial charge is 0.323 e. The average molecular weight is 221 g/mol. The summed E-state index contributed by atoms with van der Waals surface area (Å²) in [6, 6.07) is -0.107. The van der Waals surface area contributed by atoms with Crippen LogP contribution in [0.25, 0.3) is 0 Å². The zero-order valence-electron chi connectivity index (χ0n) is 9.02. The molecule has 6 nitrogen and oxygen atoms in total. The molecule has 0 atom stereocenters. The summed E-state index contributed by atoms with van der Waals surface area (Å²) in [6.07, 6.45) is 5.65. The summed E-state index contributed by atoms with van der Waals surface area (Å²) < 4.78 is 0. The number of hydrogen-bond donors (Lipinski definition) is 2. The topological polar surface area (TPSA) is 70.2 Å². The van der Waals surface area contributed by atoms with E-state index in [1.54, 1.807) is 17.3 Å². The van der Waals surface area contributed by atoms with Crippen LogP contribution in [-0.4, -0.2) is 47.1 Å². The number of hydrogen-bond acceptors (Lipinski definition) is 4. The minimum absolute atomic E-state index is 0.107. The van der Waals surface area contributed by atoms with Gasteiger partial charge in [-0.3, -0.25) is 10.3 Å². The molecule has 0 radical (unpaired) electrons. The maximum atomic E-state index is 11.8. The lowest BCUT2D eigenvalue weighted by Crippen LogP contribution is -2.37. The van der Waals surface area contributed by atoms with E-state index in [4.69, 9.17) is 0 Å². The van der Waals surface area contributed by atoms with Gasteiger partial charge in [0.15, 0.2) is 5.82 Å². The molecule has 1 saturated heterocycles. The maximum Gasteiger partial charge on any atom is 0.323 e. The Morgan fingerprint density at radius 3 is 3.12 bits per heavy atom. The lowest BCUT2D eigenvalue weighted by Gasteiger charge is -2.19. The lowest BCUT2D eigenvalue weighted by molar-refractivity contribution is 0.215. The molecule has 0 aromatic carbocycles. The predicted octanol–water partition coefficient (Wildman–Crippen LogP) is 0.304. The van der Waals surface area contributed by atoms with E-state index in [0.29, 0.717) is 5.82 Å². The third-order valence-electron chi connectivity index (χ3n) is 2.43. The van der Waals surface area contributed by atoms with Gasteiger partial charge in [0.05, 0.1) is 6.20 Å². The van der Waals surface area contributed by atoms with Crippen LogP contribution in [0.1, 0.15) is 6.42 Å². The Labute approximate surface area is 94.1 Å². The Hall–Kier alpha value is -1.69. The number of rotatable bonds is 1. The number of aromatic nitrogens is 2. The molecule has 1 aliphatic rings. The zero-order chi connectivity index (χ0) is 11.2. The van der Waals surface area contributed by atoms with Gasteiger partial charge in [0, 0.05) is 32.0 Å². The number of nitrogens with zero attached hydrogens (tertiary/aromatic N) is 3. The van der Waals surface area contributed by atoms with E-state index in [0.717, 1.165) is 32.6 Å². The first kappa shape index (κ1) is 10.8. The van der Waals surface area contributed by atoms with Crippen LogP contribution in [0.5, 0.6) is 0 Å². The summed E-state index contributed by atoms with van der Waals surface area (Å²) in [5, 5.41) is 5.97. The summed E-state index contributed by atoms with van der Waals surface area (Å²) in [6.45, 7) is 3.31. The van der Waals surface area contributed by atoms with Crippen LogP contribution in [0.2, 0.25) is 0 Å². The normalized spacial score (nSPS) is 16.6. The molecular formula is C10H15N5O. The molecule has 1 aliphatic heterocycles. The standard InChI is InChI=1S/C10H15N5O/c16-10(14-9-8-12-3-4-13-9)15-6-1-2-11-5-7-15/h3-4,8,11H,1-2,5-7H2,(H,13,14,16). The quantitative estimate of drug-likeness (QED) is 0.715. The van der Waals surface area contributed by atoms with Crippen molar-refractivity contribution < 1.29 is 4.79 Å². The first-order valence-electron chi connectivity index (χ1n) is 5.39. The second-order valence-electron chi connectivity index (χ2n) is 3.61. The van der Waals surface area contributed by atoms with Gasteiger partial charge in [-0.15, -0.1) is 0 Å². The van der Waals surface area contributed by atoms with Crippen molar-refractivity contribution in [2.24, 2.45) is 0 Å². The third-order valence-corrected chi connectivity index (χ3v) is 2.43. The highest BCUT2D eigenvalue weighted by atomic mass is 16.2. The molecule has 16 heavy (non-hydrogen) atoms. The third kappa shape index (κ3) is 2.90. The number of urea groups is 1. The van der Waals surface area contributed by atoms with E-state index in [-0.39, 0.29) is 6.03 Å². The van der Waals surface area contributed by atoms with Crippen molar-refractivity contribution in [2.75, 3.05) is 31.5 Å². The highest BCUT2D eigenvalue weighted by Gasteiger charge is 2.15. The highest BCUT2D eigenvalue weighted by Crippen LogP contribution is 2.02. The van der Waals surface area contributed by atoms with E-state index < -0.39 is 0 Å². The van der Waals surface area contributed by atoms with Crippen LogP contribution in [-0.2, 0) is 0 Å². The lowest BCUT2D eigenvalue weighted by atomic mass is 10.4. The molecule has 2 N–H and O–H groups in total. The molecule has 1 aromatic rings. The zero-order valence-corrected chi connectivity index (χ0v) is 9.02. The van der Waals surface area contributed by atoms with Crippen LogP contribution in [0, 0.1) is 0 Å². The van der Waals surface area contributed by atoms with E-state index in [9.17, 15) is 4.79 Å². The first-order chi connectivity index (χ1) is 7.86. The Morgan fingerprint density at radius 2 is 2.31 bits per heavy atom. The van der Waals surface area contributed by atoms with Crippen molar-refractivity contribution in [1.29, 1.82) is 0 Å². The first-order valence-corrected chi connectivity index (χ1v) is 5.39. The van der Waals surface area contributed by atoms with Gasteiger partial charge in [0.2, 0.25) is 0 Å². The molecule has 1 fully saturated rings. The monoisotopic (exact) mass is 221 g/mol. The van der Waals surface area contributed by atoms with Gasteiger partial charge < -0.3 is 10.2 Å². The molecular weight excluding hydrogens is 206 g/mol. The average Bonchev–Trinajstić information content (AvgIpc) is 2.59. The minimum Gasteiger partial charge on any atom is -0.323 e. The van der Waals surface area contributed by atoms with Crippen molar-refractivity contribution in [3.63, 3.8) is 0 Å². The molecule has 86 valence electrons. The van der Waals surface area contributed by atoms with Gasteiger partial charge in [-0.05, 0) is 13.0 Å². The van der Waals surface area contributed by atoms with Gasteiger partial charge in [-0.2, -0.15) is 0 Å². The molecule has 0 aliphatic carbocycles. The number of carbonyl (C=O) groups is 1. The van der Waals surface area contributed by atoms with E-state index in [1.165, 1.54) is 6.20 Å². The van der Waals surface area contributed by atoms with Gasteiger partial charge in [0.25, 0.3) is 0 Å². The van der Waals surface area contributed by atoms with Crippen molar-refractivity contribution in [3.8, 4) is 0 Å². The Morgan fingerprint density at radius 1 is 1.38 bits per heavy atom. The fourth-order valence-corrected chi connectivity index (χ4v) is 1.60. The Bertz CT molecular complexity index is 334. The fourth-order valence-electron chi connectivity index (χ4n) is 1.60. The predicted molar refractivity (Wildman–Crippen MR) is 60.1 cm³/mol. The minimum atomic E-state index is -0.107. The molecule has 0 unspecified atom stereocenters. The molecule has 0 spiro atoms. The fraction of sp³-hybridized carbons (Fsp3) is 0.500. The van der Waals surface area contributed by atoms with E-state index in [2.05, 4.69) is 20.6 Å². The summed E-state index contributed by atoms with van der Waals surface area (Å²) in [5.74, 6) is 0.490. The van der Waals surface area contributed by atoms with Crippen LogP contribution >= 0.6 is 0 Å². The summed E-state index contributed by atoms with van der Waals surface area (Å²) in [7, 11) is 0. The molecule has 0 bridgehead atoms. The van der Waals surface area contributed by atoms with Crippen LogP contribution in [0.3, 0.4) is 0 Å². The smallest absolute Gasteiger partial charge is 0.323 e. The van der Waals surface area contributed by atoms with Crippen molar-refractivity contribution in [1.82, 2.24) is 20.2 Å². The Balaban J connectivity index is 1.92.